The molecule has 8 heteroatoms. The van der Waals surface area contributed by atoms with Gasteiger partial charge in [0.05, 0.1) is 11.3 Å². The second kappa shape index (κ2) is 8.48. The first-order valence-electron chi connectivity index (χ1n) is 7.78. The molecule has 2 aromatic rings. The zero-order valence-electron chi connectivity index (χ0n) is 14.1. The third kappa shape index (κ3) is 5.95. The Balaban J connectivity index is 1.98. The lowest BCUT2D eigenvalue weighted by Crippen LogP contribution is -2.30. The van der Waals surface area contributed by atoms with Gasteiger partial charge in [0.1, 0.15) is 5.82 Å². The molecule has 0 aromatic heterocycles. The number of carbonyl (C=O) groups excluding carboxylic acids is 2. The summed E-state index contributed by atoms with van der Waals surface area (Å²) in [4.78, 5) is 23.8. The van der Waals surface area contributed by atoms with E-state index in [2.05, 4.69) is 5.32 Å². The average Bonchev–Trinajstić information content (AvgIpc) is 2.60. The van der Waals surface area contributed by atoms with Gasteiger partial charge in [0, 0.05) is 6.08 Å². The number of esters is 1. The highest BCUT2D eigenvalue weighted by Gasteiger charge is 2.34. The first-order valence-corrected chi connectivity index (χ1v) is 7.78. The lowest BCUT2D eigenvalue weighted by Gasteiger charge is -2.16. The van der Waals surface area contributed by atoms with Crippen LogP contribution < -0.4 is 5.32 Å². The van der Waals surface area contributed by atoms with Crippen molar-refractivity contribution in [2.75, 3.05) is 5.32 Å². The summed E-state index contributed by atoms with van der Waals surface area (Å²) in [5.74, 6) is -2.21. The molecule has 0 saturated carbocycles. The number of hydrogen-bond donors (Lipinski definition) is 1. The maximum atomic E-state index is 12.9. The number of benzene rings is 2. The van der Waals surface area contributed by atoms with Gasteiger partial charge >= 0.3 is 12.1 Å². The molecule has 0 spiro atoms. The molecule has 0 bridgehead atoms. The van der Waals surface area contributed by atoms with Crippen LogP contribution in [0.5, 0.6) is 0 Å². The van der Waals surface area contributed by atoms with Crippen molar-refractivity contribution >= 4 is 23.6 Å². The minimum atomic E-state index is -4.64. The van der Waals surface area contributed by atoms with Gasteiger partial charge in [-0.2, -0.15) is 13.2 Å². The summed E-state index contributed by atoms with van der Waals surface area (Å²) < 4.78 is 56.4. The number of ether oxygens (including phenoxy) is 1. The molecular formula is C19H15F4NO3. The summed E-state index contributed by atoms with van der Waals surface area (Å²) in [7, 11) is 0. The van der Waals surface area contributed by atoms with Gasteiger partial charge in [-0.05, 0) is 42.8 Å². The second-order valence-electron chi connectivity index (χ2n) is 5.50. The molecule has 1 unspecified atom stereocenters. The van der Waals surface area contributed by atoms with Crippen molar-refractivity contribution in [1.29, 1.82) is 0 Å². The molecule has 1 atom stereocenters. The van der Waals surface area contributed by atoms with Crippen molar-refractivity contribution in [3.63, 3.8) is 0 Å². The van der Waals surface area contributed by atoms with Gasteiger partial charge in [-0.15, -0.1) is 0 Å². The number of para-hydroxylation sites is 1. The normalized spacial score (nSPS) is 12.6. The van der Waals surface area contributed by atoms with Crippen LogP contribution in [-0.2, 0) is 20.5 Å². The number of anilines is 1. The fourth-order valence-electron chi connectivity index (χ4n) is 2.08. The van der Waals surface area contributed by atoms with Crippen LogP contribution in [0.25, 0.3) is 6.08 Å². The van der Waals surface area contributed by atoms with Crippen molar-refractivity contribution in [2.24, 2.45) is 0 Å². The Labute approximate surface area is 152 Å². The summed E-state index contributed by atoms with van der Waals surface area (Å²) in [5.41, 5.74) is -0.905. The predicted molar refractivity (Wildman–Crippen MR) is 91.1 cm³/mol. The van der Waals surface area contributed by atoms with E-state index >= 15 is 0 Å². The molecule has 27 heavy (non-hydrogen) atoms. The Hall–Kier alpha value is -3.16. The number of halogens is 4. The van der Waals surface area contributed by atoms with Gasteiger partial charge in [-0.1, -0.05) is 24.3 Å². The molecule has 0 aliphatic rings. The highest BCUT2D eigenvalue weighted by atomic mass is 19.4. The molecule has 2 aromatic carbocycles. The monoisotopic (exact) mass is 381 g/mol. The van der Waals surface area contributed by atoms with E-state index in [-0.39, 0.29) is 0 Å². The maximum Gasteiger partial charge on any atom is 0.418 e. The third-order valence-electron chi connectivity index (χ3n) is 3.43. The molecular weight excluding hydrogens is 366 g/mol. The smallest absolute Gasteiger partial charge is 0.418 e. The topological polar surface area (TPSA) is 55.4 Å². The van der Waals surface area contributed by atoms with Gasteiger partial charge in [-0.25, -0.2) is 9.18 Å². The molecule has 2 rings (SSSR count). The minimum Gasteiger partial charge on any atom is -0.449 e. The fourth-order valence-corrected chi connectivity index (χ4v) is 2.08. The molecule has 0 fully saturated rings. The molecule has 0 heterocycles. The largest absolute Gasteiger partial charge is 0.449 e. The number of alkyl halides is 3. The van der Waals surface area contributed by atoms with E-state index in [1.165, 1.54) is 49.4 Å². The zero-order chi connectivity index (χ0) is 20.0. The Kier molecular flexibility index (Phi) is 6.33. The quantitative estimate of drug-likeness (QED) is 0.474. The second-order valence-corrected chi connectivity index (χ2v) is 5.50. The molecule has 0 aliphatic carbocycles. The Bertz CT molecular complexity index is 845. The fraction of sp³-hybridized carbons (Fsp3) is 0.158. The van der Waals surface area contributed by atoms with Crippen LogP contribution in [0.3, 0.4) is 0 Å². The van der Waals surface area contributed by atoms with E-state index in [4.69, 9.17) is 4.74 Å². The number of hydrogen-bond acceptors (Lipinski definition) is 3. The average molecular weight is 381 g/mol. The summed E-state index contributed by atoms with van der Waals surface area (Å²) in [5, 5.41) is 2.10. The van der Waals surface area contributed by atoms with Crippen molar-refractivity contribution in [3.8, 4) is 0 Å². The number of rotatable bonds is 5. The van der Waals surface area contributed by atoms with E-state index in [0.29, 0.717) is 5.56 Å². The predicted octanol–water partition coefficient (Wildman–Crippen LogP) is 4.43. The molecule has 0 radical (unpaired) electrons. The van der Waals surface area contributed by atoms with Crippen LogP contribution in [0.2, 0.25) is 0 Å². The van der Waals surface area contributed by atoms with E-state index in [9.17, 15) is 27.2 Å². The first kappa shape index (κ1) is 20.2. The van der Waals surface area contributed by atoms with Crippen molar-refractivity contribution in [2.45, 2.75) is 19.2 Å². The van der Waals surface area contributed by atoms with E-state index in [1.807, 2.05) is 0 Å². The summed E-state index contributed by atoms with van der Waals surface area (Å²) in [6.07, 6.45) is -3.58. The van der Waals surface area contributed by atoms with Crippen LogP contribution >= 0.6 is 0 Å². The number of amides is 1. The van der Waals surface area contributed by atoms with Crippen LogP contribution in [-0.4, -0.2) is 18.0 Å². The molecule has 0 saturated heterocycles. The molecule has 1 amide bonds. The molecule has 1 N–H and O–H groups in total. The lowest BCUT2D eigenvalue weighted by atomic mass is 10.1. The van der Waals surface area contributed by atoms with Gasteiger partial charge in [0.2, 0.25) is 0 Å². The first-order chi connectivity index (χ1) is 12.7. The molecule has 4 nitrogen and oxygen atoms in total. The molecule has 0 aliphatic heterocycles. The van der Waals surface area contributed by atoms with Gasteiger partial charge in [0.25, 0.3) is 5.91 Å². The molecule has 142 valence electrons. The Morgan fingerprint density at radius 3 is 2.33 bits per heavy atom. The number of carbonyl (C=O) groups is 2. The highest BCUT2D eigenvalue weighted by molar-refractivity contribution is 5.97. The Morgan fingerprint density at radius 1 is 1.07 bits per heavy atom. The summed E-state index contributed by atoms with van der Waals surface area (Å²) >= 11 is 0. The van der Waals surface area contributed by atoms with Crippen molar-refractivity contribution in [1.82, 2.24) is 0 Å². The van der Waals surface area contributed by atoms with Gasteiger partial charge < -0.3 is 10.1 Å². The van der Waals surface area contributed by atoms with Crippen LogP contribution in [0, 0.1) is 5.82 Å². The standard InChI is InChI=1S/C19H15F4NO3/c1-12(27-17(25)11-8-13-6-9-14(20)10-7-13)18(26)24-16-5-3-2-4-15(16)19(21,22)23/h2-12H,1H3,(H,24,26)/b11-8+. The van der Waals surface area contributed by atoms with Crippen LogP contribution in [0.4, 0.5) is 23.2 Å². The Morgan fingerprint density at radius 2 is 1.70 bits per heavy atom. The zero-order valence-corrected chi connectivity index (χ0v) is 14.1. The summed E-state index contributed by atoms with van der Waals surface area (Å²) in [6, 6.07) is 9.75. The minimum absolute atomic E-state index is 0.431. The summed E-state index contributed by atoms with van der Waals surface area (Å²) in [6.45, 7) is 1.23. The van der Waals surface area contributed by atoms with Crippen molar-refractivity contribution in [3.05, 3.63) is 71.6 Å². The van der Waals surface area contributed by atoms with Crippen molar-refractivity contribution < 1.29 is 31.9 Å². The van der Waals surface area contributed by atoms with E-state index < -0.39 is 41.2 Å². The number of nitrogens with one attached hydrogen (secondary N) is 1. The van der Waals surface area contributed by atoms with Gasteiger partial charge in [0.15, 0.2) is 6.10 Å². The van der Waals surface area contributed by atoms with E-state index in [1.54, 1.807) is 0 Å². The lowest BCUT2D eigenvalue weighted by molar-refractivity contribution is -0.148. The SMILES string of the molecule is CC(OC(=O)/C=C/c1ccc(F)cc1)C(=O)Nc1ccccc1C(F)(F)F. The van der Waals surface area contributed by atoms with E-state index in [0.717, 1.165) is 18.2 Å². The highest BCUT2D eigenvalue weighted by Crippen LogP contribution is 2.34. The van der Waals surface area contributed by atoms with Gasteiger partial charge in [-0.3, -0.25) is 4.79 Å². The maximum absolute atomic E-state index is 12.9. The van der Waals surface area contributed by atoms with Crippen LogP contribution in [0.15, 0.2) is 54.6 Å². The van der Waals surface area contributed by atoms with Crippen LogP contribution in [0.1, 0.15) is 18.1 Å². The third-order valence-corrected chi connectivity index (χ3v) is 3.43.